The van der Waals surface area contributed by atoms with Gasteiger partial charge in [-0.15, -0.1) is 0 Å². The standard InChI is InChI=1S/C27H37N3O2/c1-19-16-24(20(2)21(3)26(19)28)32-17-25(31)29(4)23-10-14-30(15-11-23)18-27(12-13-27)22-8-6-5-7-9-22/h5-9,16,23H,10-15,17-18,28H2,1-4H3. The van der Waals surface area contributed by atoms with E-state index < -0.39 is 0 Å². The molecule has 0 spiro atoms. The molecule has 4 rings (SSSR count). The number of likely N-dealkylation sites (N-methyl/N-ethyl adjacent to an activating group) is 1. The lowest BCUT2D eigenvalue weighted by atomic mass is 9.93. The number of hydrogen-bond donors (Lipinski definition) is 1. The van der Waals surface area contributed by atoms with Crippen LogP contribution in [0.15, 0.2) is 36.4 Å². The Morgan fingerprint density at radius 3 is 2.41 bits per heavy atom. The zero-order valence-electron chi connectivity index (χ0n) is 20.0. The lowest BCUT2D eigenvalue weighted by molar-refractivity contribution is -0.135. The number of rotatable bonds is 7. The molecule has 1 saturated carbocycles. The van der Waals surface area contributed by atoms with Crippen LogP contribution >= 0.6 is 0 Å². The summed E-state index contributed by atoms with van der Waals surface area (Å²) in [5.74, 6) is 0.791. The van der Waals surface area contributed by atoms with Crippen molar-refractivity contribution in [2.45, 2.75) is 57.9 Å². The second-order valence-corrected chi connectivity index (χ2v) is 9.80. The summed E-state index contributed by atoms with van der Waals surface area (Å²) in [4.78, 5) is 17.3. The van der Waals surface area contributed by atoms with E-state index in [0.29, 0.717) is 5.41 Å². The van der Waals surface area contributed by atoms with Crippen molar-refractivity contribution in [2.24, 2.45) is 0 Å². The van der Waals surface area contributed by atoms with Crippen LogP contribution in [-0.2, 0) is 10.2 Å². The summed E-state index contributed by atoms with van der Waals surface area (Å²) in [7, 11) is 1.92. The maximum absolute atomic E-state index is 12.8. The summed E-state index contributed by atoms with van der Waals surface area (Å²) in [5.41, 5.74) is 11.8. The molecule has 172 valence electrons. The third-order valence-electron chi connectivity index (χ3n) is 7.72. The molecule has 1 saturated heterocycles. The van der Waals surface area contributed by atoms with Crippen molar-refractivity contribution in [3.8, 4) is 5.75 Å². The molecule has 32 heavy (non-hydrogen) atoms. The number of amides is 1. The molecule has 1 amide bonds. The monoisotopic (exact) mass is 435 g/mol. The number of benzene rings is 2. The van der Waals surface area contributed by atoms with E-state index in [1.54, 1.807) is 0 Å². The van der Waals surface area contributed by atoms with E-state index in [1.165, 1.54) is 18.4 Å². The summed E-state index contributed by atoms with van der Waals surface area (Å²) in [6, 6.07) is 13.2. The molecule has 2 fully saturated rings. The Bertz CT molecular complexity index is 961. The van der Waals surface area contributed by atoms with Gasteiger partial charge in [-0.1, -0.05) is 30.3 Å². The lowest BCUT2D eigenvalue weighted by Crippen LogP contribution is -2.48. The second-order valence-electron chi connectivity index (χ2n) is 9.80. The van der Waals surface area contributed by atoms with E-state index in [1.807, 2.05) is 38.8 Å². The van der Waals surface area contributed by atoms with Gasteiger partial charge < -0.3 is 20.3 Å². The first-order valence-electron chi connectivity index (χ1n) is 11.8. The van der Waals surface area contributed by atoms with E-state index >= 15 is 0 Å². The average molecular weight is 436 g/mol. The molecule has 2 aromatic carbocycles. The average Bonchev–Trinajstić information content (AvgIpc) is 3.60. The van der Waals surface area contributed by atoms with Crippen molar-refractivity contribution in [1.82, 2.24) is 9.80 Å². The van der Waals surface area contributed by atoms with Crippen molar-refractivity contribution >= 4 is 11.6 Å². The molecule has 1 heterocycles. The highest BCUT2D eigenvalue weighted by atomic mass is 16.5. The van der Waals surface area contributed by atoms with Gasteiger partial charge in [0, 0.05) is 43.8 Å². The van der Waals surface area contributed by atoms with E-state index in [2.05, 4.69) is 35.2 Å². The fraction of sp³-hybridized carbons (Fsp3) is 0.519. The van der Waals surface area contributed by atoms with Crippen LogP contribution in [0.4, 0.5) is 5.69 Å². The van der Waals surface area contributed by atoms with Crippen molar-refractivity contribution < 1.29 is 9.53 Å². The van der Waals surface area contributed by atoms with E-state index in [4.69, 9.17) is 10.5 Å². The Hall–Kier alpha value is -2.53. The van der Waals surface area contributed by atoms with Crippen LogP contribution in [0.25, 0.3) is 0 Å². The Balaban J connectivity index is 1.27. The molecule has 2 aliphatic rings. The van der Waals surface area contributed by atoms with Gasteiger partial charge in [-0.05, 0) is 74.8 Å². The molecular formula is C27H37N3O2. The van der Waals surface area contributed by atoms with Crippen LogP contribution in [0, 0.1) is 20.8 Å². The van der Waals surface area contributed by atoms with Gasteiger partial charge >= 0.3 is 0 Å². The van der Waals surface area contributed by atoms with E-state index in [9.17, 15) is 4.79 Å². The van der Waals surface area contributed by atoms with Gasteiger partial charge in [-0.2, -0.15) is 0 Å². The topological polar surface area (TPSA) is 58.8 Å². The molecule has 0 bridgehead atoms. The minimum atomic E-state index is 0.0397. The number of ether oxygens (including phenoxy) is 1. The summed E-state index contributed by atoms with van der Waals surface area (Å²) >= 11 is 0. The number of piperidine rings is 1. The number of carbonyl (C=O) groups is 1. The van der Waals surface area contributed by atoms with Crippen LogP contribution < -0.4 is 10.5 Å². The normalized spacial score (nSPS) is 18.4. The van der Waals surface area contributed by atoms with Gasteiger partial charge in [-0.3, -0.25) is 4.79 Å². The second kappa shape index (κ2) is 9.14. The van der Waals surface area contributed by atoms with Crippen LogP contribution in [0.5, 0.6) is 5.75 Å². The van der Waals surface area contributed by atoms with Gasteiger partial charge in [0.05, 0.1) is 0 Å². The van der Waals surface area contributed by atoms with Crippen LogP contribution in [0.3, 0.4) is 0 Å². The first kappa shape index (κ1) is 22.7. The molecule has 2 aromatic rings. The summed E-state index contributed by atoms with van der Waals surface area (Å²) < 4.78 is 5.91. The van der Waals surface area contributed by atoms with Gasteiger partial charge in [-0.25, -0.2) is 0 Å². The molecule has 0 radical (unpaired) electrons. The quantitative estimate of drug-likeness (QED) is 0.662. The molecular weight excluding hydrogens is 398 g/mol. The number of anilines is 1. The highest BCUT2D eigenvalue weighted by Crippen LogP contribution is 2.48. The molecule has 1 aliphatic heterocycles. The number of hydrogen-bond acceptors (Lipinski definition) is 4. The number of carbonyl (C=O) groups excluding carboxylic acids is 1. The van der Waals surface area contributed by atoms with Crippen molar-refractivity contribution in [1.29, 1.82) is 0 Å². The SMILES string of the molecule is Cc1cc(OCC(=O)N(C)C2CCN(CC3(c4ccccc4)CC3)CC2)c(C)c(C)c1N. The molecule has 5 heteroatoms. The fourth-order valence-electron chi connectivity index (χ4n) is 5.03. The van der Waals surface area contributed by atoms with Gasteiger partial charge in [0.1, 0.15) is 5.75 Å². The largest absolute Gasteiger partial charge is 0.483 e. The summed E-state index contributed by atoms with van der Waals surface area (Å²) in [6.45, 7) is 9.26. The van der Waals surface area contributed by atoms with Crippen molar-refractivity contribution in [2.75, 3.05) is 39.0 Å². The minimum Gasteiger partial charge on any atom is -0.483 e. The van der Waals surface area contributed by atoms with E-state index in [-0.39, 0.29) is 18.6 Å². The summed E-state index contributed by atoms with van der Waals surface area (Å²) in [5, 5.41) is 0. The minimum absolute atomic E-state index is 0.0397. The summed E-state index contributed by atoms with van der Waals surface area (Å²) in [6.07, 6.45) is 4.62. The third-order valence-corrected chi connectivity index (χ3v) is 7.72. The molecule has 2 N–H and O–H groups in total. The first-order valence-corrected chi connectivity index (χ1v) is 11.8. The lowest BCUT2D eigenvalue weighted by Gasteiger charge is -2.38. The van der Waals surface area contributed by atoms with Gasteiger partial charge in [0.15, 0.2) is 6.61 Å². The fourth-order valence-corrected chi connectivity index (χ4v) is 5.03. The molecule has 5 nitrogen and oxygen atoms in total. The van der Waals surface area contributed by atoms with Crippen LogP contribution in [-0.4, -0.2) is 55.0 Å². The van der Waals surface area contributed by atoms with Crippen LogP contribution in [0.2, 0.25) is 0 Å². The number of aryl methyl sites for hydroxylation is 1. The first-order chi connectivity index (χ1) is 15.3. The molecule has 1 aliphatic carbocycles. The zero-order valence-corrected chi connectivity index (χ0v) is 20.0. The predicted molar refractivity (Wildman–Crippen MR) is 130 cm³/mol. The third kappa shape index (κ3) is 4.63. The highest BCUT2D eigenvalue weighted by Gasteiger charge is 2.45. The maximum Gasteiger partial charge on any atom is 0.260 e. The number of nitrogen functional groups attached to an aromatic ring is 1. The maximum atomic E-state index is 12.8. The van der Waals surface area contributed by atoms with Crippen molar-refractivity contribution in [3.05, 3.63) is 58.7 Å². The highest BCUT2D eigenvalue weighted by molar-refractivity contribution is 5.78. The number of likely N-dealkylation sites (tertiary alicyclic amines) is 1. The predicted octanol–water partition coefficient (Wildman–Crippen LogP) is 4.23. The zero-order chi connectivity index (χ0) is 22.9. The number of nitrogens with two attached hydrogens (primary N) is 1. The van der Waals surface area contributed by atoms with Gasteiger partial charge in [0.2, 0.25) is 0 Å². The van der Waals surface area contributed by atoms with Crippen molar-refractivity contribution in [3.63, 3.8) is 0 Å². The smallest absolute Gasteiger partial charge is 0.260 e. The Morgan fingerprint density at radius 1 is 1.12 bits per heavy atom. The van der Waals surface area contributed by atoms with Gasteiger partial charge in [0.25, 0.3) is 5.91 Å². The van der Waals surface area contributed by atoms with Crippen LogP contribution in [0.1, 0.15) is 47.9 Å². The Morgan fingerprint density at radius 2 is 1.78 bits per heavy atom. The Kier molecular flexibility index (Phi) is 6.47. The molecule has 0 atom stereocenters. The molecule has 0 aromatic heterocycles. The molecule has 0 unspecified atom stereocenters. The van der Waals surface area contributed by atoms with E-state index in [0.717, 1.165) is 60.6 Å². The number of nitrogens with zero attached hydrogens (tertiary/aromatic N) is 2. The Labute approximate surface area is 192 Å².